The molecule has 0 bridgehead atoms. The highest BCUT2D eigenvalue weighted by Gasteiger charge is 2.48. The van der Waals surface area contributed by atoms with Gasteiger partial charge in [0.15, 0.2) is 0 Å². The van der Waals surface area contributed by atoms with E-state index >= 15 is 0 Å². The van der Waals surface area contributed by atoms with E-state index in [1.165, 1.54) is 37.3 Å². The van der Waals surface area contributed by atoms with Gasteiger partial charge < -0.3 is 24.5 Å². The molecule has 2 heterocycles. The van der Waals surface area contributed by atoms with Crippen LogP contribution in [0, 0.1) is 5.82 Å². The van der Waals surface area contributed by atoms with Gasteiger partial charge in [-0.05, 0) is 48.0 Å². The summed E-state index contributed by atoms with van der Waals surface area (Å²) in [5, 5.41) is 11.6. The Morgan fingerprint density at radius 3 is 2.29 bits per heavy atom. The van der Waals surface area contributed by atoms with Crippen molar-refractivity contribution in [1.29, 1.82) is 0 Å². The third-order valence-corrected chi connectivity index (χ3v) is 6.49. The number of aromatic nitrogens is 2. The second-order valence-corrected chi connectivity index (χ2v) is 8.91. The minimum absolute atomic E-state index is 0.0421. The number of fused-ring (bicyclic) bond motifs is 1. The Morgan fingerprint density at radius 1 is 1.03 bits per heavy atom. The number of benzene rings is 3. The summed E-state index contributed by atoms with van der Waals surface area (Å²) in [4.78, 5) is 37.5. The van der Waals surface area contributed by atoms with Crippen molar-refractivity contribution in [3.05, 3.63) is 83.2 Å². The van der Waals surface area contributed by atoms with E-state index in [2.05, 4.69) is 9.97 Å². The van der Waals surface area contributed by atoms with Crippen molar-refractivity contribution in [2.75, 3.05) is 38.1 Å². The number of imidazole rings is 1. The molecule has 0 saturated carbocycles. The molecule has 1 atom stereocenters. The normalized spacial score (nSPS) is 16.8. The third-order valence-electron chi connectivity index (χ3n) is 6.49. The fraction of sp³-hybridized carbons (Fsp3) is 0.179. The molecule has 9 nitrogen and oxygen atoms in total. The summed E-state index contributed by atoms with van der Waals surface area (Å²) in [6.45, 7) is 0. The van der Waals surface area contributed by atoms with Gasteiger partial charge in [-0.1, -0.05) is 18.2 Å². The predicted molar refractivity (Wildman–Crippen MR) is 141 cm³/mol. The number of ketones is 1. The Balaban J connectivity index is 1.77. The van der Waals surface area contributed by atoms with Gasteiger partial charge in [-0.25, -0.2) is 9.37 Å². The molecule has 4 aromatic rings. The largest absolute Gasteiger partial charge is 0.506 e. The predicted octanol–water partition coefficient (Wildman–Crippen LogP) is 4.41. The number of nitrogens with one attached hydrogen (secondary N) is 1. The molecule has 3 aromatic carbocycles. The Bertz CT molecular complexity index is 1570. The monoisotopic (exact) mass is 516 g/mol. The molecule has 0 radical (unpaired) electrons. The molecule has 0 aliphatic carbocycles. The van der Waals surface area contributed by atoms with Crippen LogP contribution < -0.4 is 19.3 Å². The summed E-state index contributed by atoms with van der Waals surface area (Å²) >= 11 is 0. The first-order valence-electron chi connectivity index (χ1n) is 11.7. The molecule has 5 rings (SSSR count). The molecule has 1 amide bonds. The Hall–Kier alpha value is -4.86. The van der Waals surface area contributed by atoms with Crippen LogP contribution in [-0.4, -0.2) is 55.1 Å². The number of hydrogen-bond donors (Lipinski definition) is 2. The molecule has 38 heavy (non-hydrogen) atoms. The number of anilines is 2. The summed E-state index contributed by atoms with van der Waals surface area (Å²) in [5.74, 6) is -2.19. The summed E-state index contributed by atoms with van der Waals surface area (Å²) < 4.78 is 24.7. The van der Waals surface area contributed by atoms with E-state index in [0.717, 1.165) is 5.69 Å². The Labute approximate surface area is 217 Å². The summed E-state index contributed by atoms with van der Waals surface area (Å²) in [7, 11) is 6.63. The molecule has 1 unspecified atom stereocenters. The number of nitrogens with zero attached hydrogens (tertiary/aromatic N) is 3. The number of aliphatic hydroxyl groups is 1. The van der Waals surface area contributed by atoms with Crippen molar-refractivity contribution in [2.24, 2.45) is 0 Å². The van der Waals surface area contributed by atoms with Crippen LogP contribution in [0.5, 0.6) is 11.5 Å². The standard InChI is InChI=1S/C28H25FN4O5/c1-32(2)17-11-8-15(9-12-17)24-23(25(34)22-20(37-3)6-5-7-21(22)38-4)26(35)27(36)33(24)28-30-18-13-10-16(29)14-19(18)31-28/h5-14,24,34H,1-4H3,(H,30,31)/b25-23+. The first kappa shape index (κ1) is 24.8. The lowest BCUT2D eigenvalue weighted by Gasteiger charge is -2.24. The lowest BCUT2D eigenvalue weighted by Crippen LogP contribution is -2.30. The number of rotatable bonds is 6. The summed E-state index contributed by atoms with van der Waals surface area (Å²) in [6, 6.07) is 15.1. The van der Waals surface area contributed by atoms with Crippen LogP contribution in [0.3, 0.4) is 0 Å². The molecule has 10 heteroatoms. The van der Waals surface area contributed by atoms with E-state index in [4.69, 9.17) is 9.47 Å². The van der Waals surface area contributed by atoms with Crippen LogP contribution in [-0.2, 0) is 9.59 Å². The van der Waals surface area contributed by atoms with Crippen LogP contribution in [0.25, 0.3) is 16.8 Å². The Morgan fingerprint density at radius 2 is 1.68 bits per heavy atom. The van der Waals surface area contributed by atoms with Crippen LogP contribution in [0.2, 0.25) is 0 Å². The van der Waals surface area contributed by atoms with E-state index in [-0.39, 0.29) is 28.6 Å². The van der Waals surface area contributed by atoms with Crippen LogP contribution >= 0.6 is 0 Å². The van der Waals surface area contributed by atoms with Gasteiger partial charge in [0.1, 0.15) is 28.6 Å². The minimum Gasteiger partial charge on any atom is -0.506 e. The molecule has 194 valence electrons. The van der Waals surface area contributed by atoms with Gasteiger partial charge in [0.25, 0.3) is 5.78 Å². The van der Waals surface area contributed by atoms with Gasteiger partial charge in [0.05, 0.1) is 36.9 Å². The second-order valence-electron chi connectivity index (χ2n) is 8.91. The molecule has 1 aromatic heterocycles. The van der Waals surface area contributed by atoms with Gasteiger partial charge in [0, 0.05) is 19.8 Å². The zero-order valence-corrected chi connectivity index (χ0v) is 21.2. The van der Waals surface area contributed by atoms with Crippen LogP contribution in [0.15, 0.2) is 66.2 Å². The van der Waals surface area contributed by atoms with E-state index in [0.29, 0.717) is 16.6 Å². The number of hydrogen-bond acceptors (Lipinski definition) is 7. The van der Waals surface area contributed by atoms with Crippen LogP contribution in [0.4, 0.5) is 16.0 Å². The quantitative estimate of drug-likeness (QED) is 0.222. The number of carbonyl (C=O) groups excluding carboxylic acids is 2. The third kappa shape index (κ3) is 4.00. The van der Waals surface area contributed by atoms with Crippen molar-refractivity contribution < 1.29 is 28.6 Å². The number of Topliss-reactive ketones (excluding diaryl/α,β-unsaturated/α-hetero) is 1. The first-order valence-corrected chi connectivity index (χ1v) is 11.7. The maximum Gasteiger partial charge on any atom is 0.302 e. The molecule has 1 saturated heterocycles. The highest BCUT2D eigenvalue weighted by atomic mass is 19.1. The SMILES string of the molecule is COc1cccc(OC)c1/C(O)=C1\C(=O)C(=O)N(c2nc3ccc(F)cc3[nH]2)C1c1ccc(N(C)C)cc1. The van der Waals surface area contributed by atoms with E-state index in [9.17, 15) is 19.1 Å². The molecular weight excluding hydrogens is 491 g/mol. The van der Waals surface area contributed by atoms with E-state index in [1.807, 2.05) is 31.1 Å². The molecule has 1 aliphatic heterocycles. The van der Waals surface area contributed by atoms with Crippen molar-refractivity contribution in [1.82, 2.24) is 9.97 Å². The Kier molecular flexibility index (Phi) is 6.23. The van der Waals surface area contributed by atoms with Crippen LogP contribution in [0.1, 0.15) is 17.2 Å². The van der Waals surface area contributed by atoms with Gasteiger partial charge in [-0.3, -0.25) is 14.5 Å². The van der Waals surface area contributed by atoms with Crippen molar-refractivity contribution >= 4 is 40.1 Å². The minimum atomic E-state index is -1.05. The molecule has 0 spiro atoms. The zero-order valence-electron chi connectivity index (χ0n) is 21.2. The number of H-pyrrole nitrogens is 1. The fourth-order valence-electron chi connectivity index (χ4n) is 4.62. The highest BCUT2D eigenvalue weighted by molar-refractivity contribution is 6.51. The smallest absolute Gasteiger partial charge is 0.302 e. The molecule has 1 fully saturated rings. The number of methoxy groups -OCH3 is 2. The van der Waals surface area contributed by atoms with Crippen molar-refractivity contribution in [3.63, 3.8) is 0 Å². The highest BCUT2D eigenvalue weighted by Crippen LogP contribution is 2.45. The molecule has 2 N–H and O–H groups in total. The van der Waals surface area contributed by atoms with Gasteiger partial charge in [-0.15, -0.1) is 0 Å². The number of amides is 1. The number of aromatic amines is 1. The van der Waals surface area contributed by atoms with Crippen molar-refractivity contribution in [3.8, 4) is 11.5 Å². The van der Waals surface area contributed by atoms with Gasteiger partial charge in [-0.2, -0.15) is 0 Å². The number of carbonyl (C=O) groups is 2. The molecular formula is C28H25FN4O5. The van der Waals surface area contributed by atoms with Crippen molar-refractivity contribution in [2.45, 2.75) is 6.04 Å². The average molecular weight is 517 g/mol. The average Bonchev–Trinajstić information content (AvgIpc) is 3.45. The summed E-state index contributed by atoms with van der Waals surface area (Å²) in [5.41, 5.74) is 2.19. The topological polar surface area (TPSA) is 108 Å². The van der Waals surface area contributed by atoms with Gasteiger partial charge >= 0.3 is 5.91 Å². The fourth-order valence-corrected chi connectivity index (χ4v) is 4.62. The van der Waals surface area contributed by atoms with E-state index in [1.54, 1.807) is 30.3 Å². The number of ether oxygens (including phenoxy) is 2. The maximum absolute atomic E-state index is 13.9. The lowest BCUT2D eigenvalue weighted by molar-refractivity contribution is -0.132. The van der Waals surface area contributed by atoms with E-state index < -0.39 is 29.3 Å². The number of halogens is 1. The first-order chi connectivity index (χ1) is 18.2. The number of aliphatic hydroxyl groups excluding tert-OH is 1. The van der Waals surface area contributed by atoms with Gasteiger partial charge in [0.2, 0.25) is 5.95 Å². The zero-order chi connectivity index (χ0) is 27.1. The second kappa shape index (κ2) is 9.55. The lowest BCUT2D eigenvalue weighted by atomic mass is 9.94. The maximum atomic E-state index is 13.9. The summed E-state index contributed by atoms with van der Waals surface area (Å²) in [6.07, 6.45) is 0. The molecule has 1 aliphatic rings.